The van der Waals surface area contributed by atoms with Gasteiger partial charge in [0.05, 0.1) is 11.9 Å². The summed E-state index contributed by atoms with van der Waals surface area (Å²) in [5.74, 6) is -2.14. The lowest BCUT2D eigenvalue weighted by Gasteiger charge is -2.31. The van der Waals surface area contributed by atoms with E-state index in [1.807, 2.05) is 23.1 Å². The molecule has 2 aliphatic heterocycles. The first-order chi connectivity index (χ1) is 17.4. The van der Waals surface area contributed by atoms with E-state index in [-0.39, 0.29) is 18.6 Å². The fourth-order valence-corrected chi connectivity index (χ4v) is 5.26. The second-order valence-corrected chi connectivity index (χ2v) is 9.52. The third-order valence-electron chi connectivity index (χ3n) is 6.99. The predicted molar refractivity (Wildman–Crippen MR) is 133 cm³/mol. The molecular weight excluding hydrogens is 464 g/mol. The maximum absolute atomic E-state index is 13.6. The van der Waals surface area contributed by atoms with Crippen LogP contribution in [0.3, 0.4) is 0 Å². The molecule has 0 bridgehead atoms. The molecule has 1 fully saturated rings. The Kier molecular flexibility index (Phi) is 5.44. The highest BCUT2D eigenvalue weighted by Crippen LogP contribution is 2.38. The van der Waals surface area contributed by atoms with Gasteiger partial charge < -0.3 is 10.1 Å². The number of rotatable bonds is 4. The van der Waals surface area contributed by atoms with Gasteiger partial charge in [0.2, 0.25) is 0 Å². The summed E-state index contributed by atoms with van der Waals surface area (Å²) < 4.78 is 27.7. The van der Waals surface area contributed by atoms with Gasteiger partial charge in [-0.25, -0.2) is 18.6 Å². The second kappa shape index (κ2) is 8.67. The Bertz CT molecular complexity index is 1520. The summed E-state index contributed by atoms with van der Waals surface area (Å²) in [4.78, 5) is 24.6. The first-order valence-electron chi connectivity index (χ1n) is 12.0. The number of benzene rings is 2. The van der Waals surface area contributed by atoms with E-state index in [0.29, 0.717) is 35.6 Å². The number of anilines is 2. The third kappa shape index (κ3) is 4.09. The van der Waals surface area contributed by atoms with Crippen molar-refractivity contribution in [2.75, 3.05) is 24.5 Å². The number of nitrogens with zero attached hydrogens (tertiary/aromatic N) is 5. The first-order valence-corrected chi connectivity index (χ1v) is 12.0. The van der Waals surface area contributed by atoms with Crippen molar-refractivity contribution in [3.63, 3.8) is 0 Å². The van der Waals surface area contributed by atoms with Gasteiger partial charge in [-0.1, -0.05) is 30.3 Å². The molecule has 0 amide bonds. The van der Waals surface area contributed by atoms with E-state index in [9.17, 15) is 18.8 Å². The van der Waals surface area contributed by atoms with Crippen molar-refractivity contribution in [2.24, 2.45) is 0 Å². The molecule has 36 heavy (non-hydrogen) atoms. The van der Waals surface area contributed by atoms with Crippen LogP contribution in [0.15, 0.2) is 65.6 Å². The smallest absolute Gasteiger partial charge is 0.384 e. The monoisotopic (exact) mass is 489 g/mol. The van der Waals surface area contributed by atoms with Crippen molar-refractivity contribution in [1.29, 1.82) is 0 Å². The van der Waals surface area contributed by atoms with Crippen molar-refractivity contribution in [1.82, 2.24) is 19.6 Å². The van der Waals surface area contributed by atoms with Crippen LogP contribution < -0.4 is 10.6 Å². The highest BCUT2D eigenvalue weighted by atomic mass is 19.3. The molecule has 6 rings (SSSR count). The van der Waals surface area contributed by atoms with E-state index >= 15 is 0 Å². The van der Waals surface area contributed by atoms with Crippen LogP contribution in [-0.4, -0.2) is 50.4 Å². The van der Waals surface area contributed by atoms with Gasteiger partial charge in [-0.3, -0.25) is 4.90 Å². The normalized spacial score (nSPS) is 17.4. The van der Waals surface area contributed by atoms with Crippen LogP contribution in [0.25, 0.3) is 22.2 Å². The number of aryl methyl sites for hydroxylation is 1. The largest absolute Gasteiger partial charge is 0.422 e. The Morgan fingerprint density at radius 2 is 1.89 bits per heavy atom. The Labute approximate surface area is 206 Å². The molecule has 7 nitrogen and oxygen atoms in total. The lowest BCUT2D eigenvalue weighted by molar-refractivity contribution is 0.0115. The average Bonchev–Trinajstić information content (AvgIpc) is 3.23. The molecule has 4 aromatic rings. The van der Waals surface area contributed by atoms with E-state index in [1.165, 1.54) is 6.20 Å². The summed E-state index contributed by atoms with van der Waals surface area (Å²) in [7, 11) is 0. The Balaban J connectivity index is 1.37. The van der Waals surface area contributed by atoms with E-state index < -0.39 is 11.6 Å². The lowest BCUT2D eigenvalue weighted by Crippen LogP contribution is -2.30. The molecule has 0 radical (unpaired) electrons. The molecule has 0 unspecified atom stereocenters. The minimum atomic E-state index is -2.61. The summed E-state index contributed by atoms with van der Waals surface area (Å²) in [5.41, 5.74) is 4.47. The van der Waals surface area contributed by atoms with Gasteiger partial charge in [-0.15, -0.1) is 4.73 Å². The van der Waals surface area contributed by atoms with Crippen molar-refractivity contribution < 1.29 is 14.0 Å². The van der Waals surface area contributed by atoms with Crippen LogP contribution in [0, 0.1) is 0 Å². The van der Waals surface area contributed by atoms with Crippen molar-refractivity contribution in [3.05, 3.63) is 82.4 Å². The number of hydrogen-bond acceptors (Lipinski definition) is 6. The minimum Gasteiger partial charge on any atom is -0.422 e. The molecule has 9 heteroatoms. The van der Waals surface area contributed by atoms with Gasteiger partial charge in [0, 0.05) is 37.9 Å². The molecule has 1 N–H and O–H groups in total. The van der Waals surface area contributed by atoms with Crippen molar-refractivity contribution >= 4 is 22.5 Å². The van der Waals surface area contributed by atoms with E-state index in [0.717, 1.165) is 40.8 Å². The van der Waals surface area contributed by atoms with Gasteiger partial charge in [-0.2, -0.15) is 4.98 Å². The number of likely N-dealkylation sites (tertiary alicyclic amines) is 1. The summed E-state index contributed by atoms with van der Waals surface area (Å²) >= 11 is 0. The zero-order valence-electron chi connectivity index (χ0n) is 19.6. The average molecular weight is 490 g/mol. The zero-order chi connectivity index (χ0) is 24.9. The maximum atomic E-state index is 13.6. The lowest BCUT2D eigenvalue weighted by atomic mass is 9.95. The molecule has 2 aliphatic rings. The first kappa shape index (κ1) is 22.6. The molecule has 2 aromatic heterocycles. The highest BCUT2D eigenvalue weighted by molar-refractivity contribution is 5.90. The molecular formula is C27H25F2N5O2. The Morgan fingerprint density at radius 3 is 2.72 bits per heavy atom. The van der Waals surface area contributed by atoms with Crippen molar-refractivity contribution in [3.8, 4) is 11.1 Å². The molecule has 184 valence electrons. The molecule has 4 heterocycles. The maximum Gasteiger partial charge on any atom is 0.384 e. The van der Waals surface area contributed by atoms with Crippen LogP contribution in [0.5, 0.6) is 0 Å². The molecule has 2 aromatic carbocycles. The zero-order valence-corrected chi connectivity index (χ0v) is 19.6. The number of aromatic nitrogens is 3. The fourth-order valence-electron chi connectivity index (χ4n) is 5.26. The van der Waals surface area contributed by atoms with Gasteiger partial charge >= 0.3 is 5.69 Å². The molecule has 0 saturated carbocycles. The molecule has 0 spiro atoms. The fraction of sp³-hybridized carbons (Fsp3) is 0.296. The number of pyridine rings is 1. The standard InChI is InChI=1S/C27H25F2N5O2/c28-27(29)10-13-32(17-27)16-18-4-1-5-20(14-18)21-9-8-19-6-3-12-33(23(19)15-21)25-22-7-2-11-30-24(22)34(36)26(35)31-25/h1-2,4-5,7-9,11,14-15,36H,3,6,10,12-13,16-17H2. The number of alkyl halides is 2. The van der Waals surface area contributed by atoms with Gasteiger partial charge in [0.1, 0.15) is 5.82 Å². The quantitative estimate of drug-likeness (QED) is 0.422. The third-order valence-corrected chi connectivity index (χ3v) is 6.99. The van der Waals surface area contributed by atoms with Crippen molar-refractivity contribution in [2.45, 2.75) is 31.7 Å². The number of fused-ring (bicyclic) bond motifs is 2. The van der Waals surface area contributed by atoms with Crippen LogP contribution >= 0.6 is 0 Å². The van der Waals surface area contributed by atoms with Gasteiger partial charge in [0.15, 0.2) is 5.65 Å². The summed E-state index contributed by atoms with van der Waals surface area (Å²) in [6.45, 7) is 1.35. The number of halogens is 2. The SMILES string of the molecule is O=c1nc(N2CCCc3ccc(-c4cccc(CN5CCC(F)(F)C5)c4)cc32)c2cccnc2n1O. The van der Waals surface area contributed by atoms with Crippen LogP contribution in [0.2, 0.25) is 0 Å². The summed E-state index contributed by atoms with van der Waals surface area (Å²) in [5, 5.41) is 10.7. The summed E-state index contributed by atoms with van der Waals surface area (Å²) in [6.07, 6.45) is 3.24. The predicted octanol–water partition coefficient (Wildman–Crippen LogP) is 4.62. The minimum absolute atomic E-state index is 0.0908. The van der Waals surface area contributed by atoms with E-state index in [2.05, 4.69) is 34.2 Å². The van der Waals surface area contributed by atoms with Crippen LogP contribution in [0.1, 0.15) is 24.0 Å². The second-order valence-electron chi connectivity index (χ2n) is 9.52. The Morgan fingerprint density at radius 1 is 1.03 bits per heavy atom. The number of hydrogen-bond donors (Lipinski definition) is 1. The molecule has 1 saturated heterocycles. The van der Waals surface area contributed by atoms with Gasteiger partial charge in [0.25, 0.3) is 5.92 Å². The Hall–Kier alpha value is -3.85. The highest BCUT2D eigenvalue weighted by Gasteiger charge is 2.37. The molecule has 0 aliphatic carbocycles. The van der Waals surface area contributed by atoms with E-state index in [4.69, 9.17) is 0 Å². The van der Waals surface area contributed by atoms with Crippen LogP contribution in [-0.2, 0) is 13.0 Å². The van der Waals surface area contributed by atoms with E-state index in [1.54, 1.807) is 17.0 Å². The summed E-state index contributed by atoms with van der Waals surface area (Å²) in [6, 6.07) is 17.8. The van der Waals surface area contributed by atoms with Crippen LogP contribution in [0.4, 0.5) is 20.3 Å². The topological polar surface area (TPSA) is 74.5 Å². The molecule has 0 atom stereocenters. The van der Waals surface area contributed by atoms with Gasteiger partial charge in [-0.05, 0) is 59.4 Å².